The summed E-state index contributed by atoms with van der Waals surface area (Å²) in [5, 5.41) is 7.22. The summed E-state index contributed by atoms with van der Waals surface area (Å²) < 4.78 is 1.66. The van der Waals surface area contributed by atoms with Gasteiger partial charge in [-0.25, -0.2) is 9.50 Å². The minimum atomic E-state index is -0.218. The Labute approximate surface area is 134 Å². The Hall–Kier alpha value is -2.73. The molecule has 3 rings (SSSR count). The maximum Gasteiger partial charge on any atom is 0.272 e. The van der Waals surface area contributed by atoms with Gasteiger partial charge < -0.3 is 11.1 Å². The number of nitrogens with one attached hydrogen (secondary N) is 1. The zero-order valence-electron chi connectivity index (χ0n) is 12.9. The van der Waals surface area contributed by atoms with Crippen molar-refractivity contribution in [3.8, 4) is 0 Å². The fourth-order valence-electron chi connectivity index (χ4n) is 2.58. The fourth-order valence-corrected chi connectivity index (χ4v) is 2.58. The van der Waals surface area contributed by atoms with Gasteiger partial charge in [0.2, 0.25) is 0 Å². The molecule has 0 bridgehead atoms. The van der Waals surface area contributed by atoms with Crippen LogP contribution in [-0.2, 0) is 0 Å². The molecule has 2 heterocycles. The van der Waals surface area contributed by atoms with E-state index in [2.05, 4.69) is 15.4 Å². The number of aryl methyl sites for hydroxylation is 1. The van der Waals surface area contributed by atoms with E-state index in [1.165, 1.54) is 0 Å². The number of benzene rings is 1. The van der Waals surface area contributed by atoms with Crippen LogP contribution in [0.1, 0.15) is 27.7 Å². The van der Waals surface area contributed by atoms with Gasteiger partial charge in [0.05, 0.1) is 11.2 Å². The minimum absolute atomic E-state index is 0.0755. The smallest absolute Gasteiger partial charge is 0.272 e. The number of carbonyl (C=O) groups is 1. The van der Waals surface area contributed by atoms with Crippen LogP contribution >= 0.6 is 0 Å². The monoisotopic (exact) mass is 309 g/mol. The first-order chi connectivity index (χ1) is 11.2. The number of hydrogen-bond acceptors (Lipinski definition) is 4. The predicted molar refractivity (Wildman–Crippen MR) is 88.3 cm³/mol. The molecule has 0 aliphatic carbocycles. The van der Waals surface area contributed by atoms with E-state index in [1.54, 1.807) is 16.9 Å². The lowest BCUT2D eigenvalue weighted by molar-refractivity contribution is 0.0947. The quantitative estimate of drug-likeness (QED) is 0.748. The van der Waals surface area contributed by atoms with Crippen molar-refractivity contribution >= 4 is 11.4 Å². The van der Waals surface area contributed by atoms with Crippen LogP contribution in [0.25, 0.3) is 5.52 Å². The molecule has 6 nitrogen and oxygen atoms in total. The number of carbonyl (C=O) groups excluding carboxylic acids is 1. The summed E-state index contributed by atoms with van der Waals surface area (Å²) in [6, 6.07) is 11.8. The molecular formula is C17H19N5O. The van der Waals surface area contributed by atoms with Crippen molar-refractivity contribution in [2.75, 3.05) is 13.1 Å². The number of rotatable bonds is 5. The van der Waals surface area contributed by atoms with E-state index in [0.29, 0.717) is 24.3 Å². The lowest BCUT2D eigenvalue weighted by Crippen LogP contribution is -2.32. The van der Waals surface area contributed by atoms with Gasteiger partial charge in [-0.2, -0.15) is 5.10 Å². The van der Waals surface area contributed by atoms with Crippen LogP contribution in [0.4, 0.5) is 0 Å². The van der Waals surface area contributed by atoms with Gasteiger partial charge in [0.15, 0.2) is 5.69 Å². The number of nitrogens with two attached hydrogens (primary N) is 1. The van der Waals surface area contributed by atoms with E-state index in [4.69, 9.17) is 5.73 Å². The average Bonchev–Trinajstić information content (AvgIpc) is 2.96. The highest BCUT2D eigenvalue weighted by molar-refractivity contribution is 5.98. The molecule has 6 heteroatoms. The number of fused-ring (bicyclic) bond motifs is 1. The summed E-state index contributed by atoms with van der Waals surface area (Å²) in [5.74, 6) is -0.142. The fraction of sp³-hybridized carbons (Fsp3) is 0.235. The lowest BCUT2D eigenvalue weighted by Gasteiger charge is -2.16. The van der Waals surface area contributed by atoms with Crippen molar-refractivity contribution in [2.24, 2.45) is 5.73 Å². The molecule has 0 saturated carbocycles. The van der Waals surface area contributed by atoms with Crippen LogP contribution in [0.2, 0.25) is 0 Å². The summed E-state index contributed by atoms with van der Waals surface area (Å²) in [6.45, 7) is 2.82. The molecule has 0 radical (unpaired) electrons. The van der Waals surface area contributed by atoms with E-state index < -0.39 is 0 Å². The minimum Gasteiger partial charge on any atom is -0.350 e. The van der Waals surface area contributed by atoms with Gasteiger partial charge in [-0.15, -0.1) is 0 Å². The molecule has 23 heavy (non-hydrogen) atoms. The van der Waals surface area contributed by atoms with Gasteiger partial charge >= 0.3 is 0 Å². The summed E-state index contributed by atoms with van der Waals surface area (Å²) >= 11 is 0. The molecule has 1 aromatic carbocycles. The van der Waals surface area contributed by atoms with Crippen molar-refractivity contribution in [1.29, 1.82) is 0 Å². The highest BCUT2D eigenvalue weighted by atomic mass is 16.1. The number of nitrogens with zero attached hydrogens (tertiary/aromatic N) is 3. The molecule has 2 aromatic heterocycles. The zero-order chi connectivity index (χ0) is 16.2. The Morgan fingerprint density at radius 2 is 2.13 bits per heavy atom. The Morgan fingerprint density at radius 1 is 1.35 bits per heavy atom. The second-order valence-corrected chi connectivity index (χ2v) is 5.44. The molecule has 0 aliphatic heterocycles. The Bertz CT molecular complexity index is 812. The van der Waals surface area contributed by atoms with E-state index in [0.717, 1.165) is 11.3 Å². The third-order valence-corrected chi connectivity index (χ3v) is 3.79. The molecule has 118 valence electrons. The van der Waals surface area contributed by atoms with Crippen LogP contribution in [0.3, 0.4) is 0 Å². The molecule has 3 N–H and O–H groups in total. The second kappa shape index (κ2) is 6.58. The lowest BCUT2D eigenvalue weighted by atomic mass is 9.99. The van der Waals surface area contributed by atoms with Gasteiger partial charge in [0, 0.05) is 31.4 Å². The van der Waals surface area contributed by atoms with Crippen LogP contribution in [-0.4, -0.2) is 33.6 Å². The zero-order valence-corrected chi connectivity index (χ0v) is 12.9. The molecular weight excluding hydrogens is 290 g/mol. The van der Waals surface area contributed by atoms with Gasteiger partial charge in [-0.05, 0) is 18.6 Å². The van der Waals surface area contributed by atoms with Crippen LogP contribution in [0.15, 0.2) is 48.8 Å². The molecule has 1 atom stereocenters. The normalized spacial score (nSPS) is 12.3. The van der Waals surface area contributed by atoms with Crippen molar-refractivity contribution in [1.82, 2.24) is 19.9 Å². The molecule has 0 spiro atoms. The molecule has 0 saturated heterocycles. The number of aromatic nitrogens is 3. The maximum absolute atomic E-state index is 12.5. The van der Waals surface area contributed by atoms with Crippen molar-refractivity contribution in [3.05, 3.63) is 65.7 Å². The Morgan fingerprint density at radius 3 is 2.87 bits per heavy atom. The van der Waals surface area contributed by atoms with Gasteiger partial charge in [0.1, 0.15) is 0 Å². The predicted octanol–water partition coefficient (Wildman–Crippen LogP) is 1.51. The van der Waals surface area contributed by atoms with E-state index in [9.17, 15) is 4.79 Å². The first-order valence-electron chi connectivity index (χ1n) is 7.53. The number of hydrogen-bond donors (Lipinski definition) is 2. The molecule has 3 aromatic rings. The van der Waals surface area contributed by atoms with Gasteiger partial charge in [0.25, 0.3) is 5.91 Å². The van der Waals surface area contributed by atoms with Crippen LogP contribution in [0.5, 0.6) is 0 Å². The molecule has 0 aliphatic rings. The maximum atomic E-state index is 12.5. The summed E-state index contributed by atoms with van der Waals surface area (Å²) in [5.41, 5.74) is 8.87. The van der Waals surface area contributed by atoms with Crippen LogP contribution < -0.4 is 11.1 Å². The van der Waals surface area contributed by atoms with E-state index in [-0.39, 0.29) is 11.8 Å². The van der Waals surface area contributed by atoms with Crippen LogP contribution in [0, 0.1) is 6.92 Å². The molecule has 0 fully saturated rings. The standard InChI is InChI=1S/C17H19N5O/c1-12-9-15-16(19-7-8-22(15)21-12)17(23)20-11-14(10-18)13-5-3-2-4-6-13/h2-9,14H,10-11,18H2,1H3,(H,20,23). The SMILES string of the molecule is Cc1cc2c(C(=O)NCC(CN)c3ccccc3)nccn2n1. The average molecular weight is 309 g/mol. The third kappa shape index (κ3) is 3.22. The van der Waals surface area contributed by atoms with E-state index in [1.807, 2.05) is 43.3 Å². The topological polar surface area (TPSA) is 85.3 Å². The first-order valence-corrected chi connectivity index (χ1v) is 7.53. The summed E-state index contributed by atoms with van der Waals surface area (Å²) in [7, 11) is 0. The van der Waals surface area contributed by atoms with Gasteiger partial charge in [-0.1, -0.05) is 30.3 Å². The Balaban J connectivity index is 1.76. The second-order valence-electron chi connectivity index (χ2n) is 5.44. The van der Waals surface area contributed by atoms with Crippen molar-refractivity contribution < 1.29 is 4.79 Å². The largest absolute Gasteiger partial charge is 0.350 e. The highest BCUT2D eigenvalue weighted by Crippen LogP contribution is 2.14. The molecule has 1 unspecified atom stereocenters. The number of amides is 1. The van der Waals surface area contributed by atoms with Crippen molar-refractivity contribution in [2.45, 2.75) is 12.8 Å². The summed E-state index contributed by atoms with van der Waals surface area (Å²) in [6.07, 6.45) is 3.30. The first kappa shape index (κ1) is 15.2. The summed E-state index contributed by atoms with van der Waals surface area (Å²) in [4.78, 5) is 16.7. The van der Waals surface area contributed by atoms with E-state index >= 15 is 0 Å². The Kier molecular flexibility index (Phi) is 4.34. The van der Waals surface area contributed by atoms with Crippen molar-refractivity contribution in [3.63, 3.8) is 0 Å². The highest BCUT2D eigenvalue weighted by Gasteiger charge is 2.16. The third-order valence-electron chi connectivity index (χ3n) is 3.79. The molecule has 1 amide bonds. The van der Waals surface area contributed by atoms with Gasteiger partial charge in [-0.3, -0.25) is 4.79 Å².